The summed E-state index contributed by atoms with van der Waals surface area (Å²) in [5.74, 6) is 5.74. The lowest BCUT2D eigenvalue weighted by Crippen LogP contribution is -2.35. The number of hydrogen-bond donors (Lipinski definition) is 2. The molecule has 2 N–H and O–H groups in total. The smallest absolute Gasteiger partial charge is 0.0693 e. The summed E-state index contributed by atoms with van der Waals surface area (Å²) in [7, 11) is 0. The molecule has 62 valence electrons. The molecule has 2 heteroatoms. The molecular formula is C9H15NO. The maximum absolute atomic E-state index is 9.38. The Labute approximate surface area is 68.0 Å². The van der Waals surface area contributed by atoms with E-state index in [0.29, 0.717) is 6.54 Å². The van der Waals surface area contributed by atoms with Crippen molar-refractivity contribution >= 4 is 0 Å². The summed E-state index contributed by atoms with van der Waals surface area (Å²) >= 11 is 0. The predicted octanol–water partition coefficient (Wildman–Crippen LogP) is 0.513. The van der Waals surface area contributed by atoms with Crippen molar-refractivity contribution in [3.63, 3.8) is 0 Å². The Morgan fingerprint density at radius 1 is 1.55 bits per heavy atom. The number of nitrogens with one attached hydrogen (secondary N) is 1. The highest BCUT2D eigenvalue weighted by Crippen LogP contribution is 2.18. The molecule has 11 heavy (non-hydrogen) atoms. The average Bonchev–Trinajstić information content (AvgIpc) is 2.37. The first-order valence-corrected chi connectivity index (χ1v) is 4.15. The molecule has 0 unspecified atom stereocenters. The summed E-state index contributed by atoms with van der Waals surface area (Å²) in [5, 5.41) is 12.6. The van der Waals surface area contributed by atoms with Gasteiger partial charge in [0, 0.05) is 6.04 Å². The van der Waals surface area contributed by atoms with Crippen LogP contribution in [0, 0.1) is 11.8 Å². The molecule has 0 aromatic rings. The van der Waals surface area contributed by atoms with Crippen LogP contribution in [0.25, 0.3) is 0 Å². The molecule has 1 aliphatic carbocycles. The van der Waals surface area contributed by atoms with E-state index in [-0.39, 0.29) is 12.1 Å². The Balaban J connectivity index is 2.18. The van der Waals surface area contributed by atoms with Crippen molar-refractivity contribution < 1.29 is 5.11 Å². The largest absolute Gasteiger partial charge is 0.392 e. The van der Waals surface area contributed by atoms with Crippen molar-refractivity contribution in [3.05, 3.63) is 0 Å². The highest BCUT2D eigenvalue weighted by Gasteiger charge is 2.23. The molecule has 0 aliphatic heterocycles. The molecule has 0 saturated heterocycles. The zero-order valence-electron chi connectivity index (χ0n) is 6.93. The molecule has 0 aromatic heterocycles. The Bertz CT molecular complexity index is 168. The Morgan fingerprint density at radius 3 is 2.91 bits per heavy atom. The Morgan fingerprint density at radius 2 is 2.36 bits per heavy atom. The van der Waals surface area contributed by atoms with Crippen molar-refractivity contribution in [2.45, 2.75) is 38.3 Å². The lowest BCUT2D eigenvalue weighted by atomic mass is 10.2. The SMILES string of the molecule is CC#CCN[C@@H]1CCC[C@H]1O. The summed E-state index contributed by atoms with van der Waals surface area (Å²) in [6.07, 6.45) is 3.02. The van der Waals surface area contributed by atoms with Crippen LogP contribution in [0.15, 0.2) is 0 Å². The summed E-state index contributed by atoms with van der Waals surface area (Å²) < 4.78 is 0. The van der Waals surface area contributed by atoms with Crippen LogP contribution in [-0.4, -0.2) is 23.8 Å². The molecule has 1 aliphatic rings. The van der Waals surface area contributed by atoms with Gasteiger partial charge in [-0.1, -0.05) is 5.92 Å². The second-order valence-electron chi connectivity index (χ2n) is 2.91. The van der Waals surface area contributed by atoms with Gasteiger partial charge in [0.05, 0.1) is 12.6 Å². The monoisotopic (exact) mass is 153 g/mol. The van der Waals surface area contributed by atoms with Crippen LogP contribution in [0.1, 0.15) is 26.2 Å². The van der Waals surface area contributed by atoms with E-state index in [1.807, 2.05) is 6.92 Å². The highest BCUT2D eigenvalue weighted by molar-refractivity contribution is 4.98. The fraction of sp³-hybridized carbons (Fsp3) is 0.778. The van der Waals surface area contributed by atoms with Crippen LogP contribution in [0.2, 0.25) is 0 Å². The maximum atomic E-state index is 9.38. The first kappa shape index (κ1) is 8.58. The van der Waals surface area contributed by atoms with Crippen LogP contribution in [0.4, 0.5) is 0 Å². The number of aliphatic hydroxyl groups excluding tert-OH is 1. The van der Waals surface area contributed by atoms with Gasteiger partial charge >= 0.3 is 0 Å². The Kier molecular flexibility index (Phi) is 3.41. The van der Waals surface area contributed by atoms with Gasteiger partial charge in [0.15, 0.2) is 0 Å². The first-order valence-electron chi connectivity index (χ1n) is 4.15. The lowest BCUT2D eigenvalue weighted by Gasteiger charge is -2.13. The van der Waals surface area contributed by atoms with Gasteiger partial charge in [-0.15, -0.1) is 5.92 Å². The van der Waals surface area contributed by atoms with Crippen molar-refractivity contribution in [2.75, 3.05) is 6.54 Å². The molecule has 0 spiro atoms. The first-order chi connectivity index (χ1) is 5.34. The fourth-order valence-corrected chi connectivity index (χ4v) is 1.45. The third-order valence-corrected chi connectivity index (χ3v) is 2.11. The van der Waals surface area contributed by atoms with Crippen molar-refractivity contribution in [2.24, 2.45) is 0 Å². The number of aliphatic hydroxyl groups is 1. The molecule has 2 atom stereocenters. The molecule has 1 saturated carbocycles. The molecule has 2 nitrogen and oxygen atoms in total. The third-order valence-electron chi connectivity index (χ3n) is 2.11. The van der Waals surface area contributed by atoms with Crippen LogP contribution < -0.4 is 5.32 Å². The van der Waals surface area contributed by atoms with E-state index in [2.05, 4.69) is 17.2 Å². The topological polar surface area (TPSA) is 32.3 Å². The zero-order valence-corrected chi connectivity index (χ0v) is 6.93. The van der Waals surface area contributed by atoms with Crippen LogP contribution in [-0.2, 0) is 0 Å². The zero-order chi connectivity index (χ0) is 8.10. The van der Waals surface area contributed by atoms with E-state index in [1.165, 1.54) is 0 Å². The van der Waals surface area contributed by atoms with Gasteiger partial charge in [0.2, 0.25) is 0 Å². The van der Waals surface area contributed by atoms with Gasteiger partial charge in [-0.05, 0) is 26.2 Å². The molecule has 0 aromatic carbocycles. The number of rotatable bonds is 2. The van der Waals surface area contributed by atoms with Gasteiger partial charge in [-0.25, -0.2) is 0 Å². The van der Waals surface area contributed by atoms with E-state index in [9.17, 15) is 5.11 Å². The summed E-state index contributed by atoms with van der Waals surface area (Å²) in [6.45, 7) is 2.53. The fourth-order valence-electron chi connectivity index (χ4n) is 1.45. The molecule has 0 bridgehead atoms. The van der Waals surface area contributed by atoms with Crippen molar-refractivity contribution in [1.29, 1.82) is 0 Å². The maximum Gasteiger partial charge on any atom is 0.0693 e. The highest BCUT2D eigenvalue weighted by atomic mass is 16.3. The molecule has 0 amide bonds. The lowest BCUT2D eigenvalue weighted by molar-refractivity contribution is 0.151. The van der Waals surface area contributed by atoms with E-state index < -0.39 is 0 Å². The van der Waals surface area contributed by atoms with Gasteiger partial charge in [0.1, 0.15) is 0 Å². The molecular weight excluding hydrogens is 138 g/mol. The molecule has 0 radical (unpaired) electrons. The second kappa shape index (κ2) is 4.38. The predicted molar refractivity (Wildman–Crippen MR) is 45.1 cm³/mol. The van der Waals surface area contributed by atoms with Gasteiger partial charge in [-0.3, -0.25) is 0 Å². The summed E-state index contributed by atoms with van der Waals surface area (Å²) in [6, 6.07) is 0.288. The van der Waals surface area contributed by atoms with Gasteiger partial charge < -0.3 is 10.4 Å². The van der Waals surface area contributed by atoms with E-state index in [4.69, 9.17) is 0 Å². The molecule has 1 rings (SSSR count). The minimum Gasteiger partial charge on any atom is -0.392 e. The van der Waals surface area contributed by atoms with Gasteiger partial charge in [0.25, 0.3) is 0 Å². The van der Waals surface area contributed by atoms with Crippen LogP contribution in [0.3, 0.4) is 0 Å². The van der Waals surface area contributed by atoms with Crippen LogP contribution >= 0.6 is 0 Å². The second-order valence-corrected chi connectivity index (χ2v) is 2.91. The standard InChI is InChI=1S/C9H15NO/c1-2-3-7-10-8-5-4-6-9(8)11/h8-11H,4-7H2,1H3/t8-,9-/m1/s1. The number of hydrogen-bond acceptors (Lipinski definition) is 2. The minimum absolute atomic E-state index is 0.145. The normalized spacial score (nSPS) is 29.6. The van der Waals surface area contributed by atoms with E-state index in [0.717, 1.165) is 19.3 Å². The molecule has 0 heterocycles. The Hall–Kier alpha value is -0.520. The third kappa shape index (κ3) is 2.53. The van der Waals surface area contributed by atoms with Gasteiger partial charge in [-0.2, -0.15) is 0 Å². The van der Waals surface area contributed by atoms with E-state index >= 15 is 0 Å². The van der Waals surface area contributed by atoms with E-state index in [1.54, 1.807) is 0 Å². The van der Waals surface area contributed by atoms with Crippen molar-refractivity contribution in [3.8, 4) is 11.8 Å². The molecule has 1 fully saturated rings. The van der Waals surface area contributed by atoms with Crippen molar-refractivity contribution in [1.82, 2.24) is 5.32 Å². The summed E-state index contributed by atoms with van der Waals surface area (Å²) in [4.78, 5) is 0. The summed E-state index contributed by atoms with van der Waals surface area (Å²) in [5.41, 5.74) is 0. The van der Waals surface area contributed by atoms with Crippen LogP contribution in [0.5, 0.6) is 0 Å². The average molecular weight is 153 g/mol. The minimum atomic E-state index is -0.145. The quantitative estimate of drug-likeness (QED) is 0.567.